The Balaban J connectivity index is 3.70. The molecule has 0 heterocycles. The second kappa shape index (κ2) is 6.44. The zero-order chi connectivity index (χ0) is 9.40. The van der Waals surface area contributed by atoms with Crippen LogP contribution in [-0.2, 0) is 9.53 Å². The van der Waals surface area contributed by atoms with Crippen molar-refractivity contribution in [3.63, 3.8) is 0 Å². The molecule has 0 rings (SSSR count). The van der Waals surface area contributed by atoms with Gasteiger partial charge < -0.3 is 9.84 Å². The lowest BCUT2D eigenvalue weighted by atomic mass is 10.3. The molecule has 0 radical (unpaired) electrons. The Morgan fingerprint density at radius 1 is 1.83 bits per heavy atom. The molecule has 0 fully saturated rings. The largest absolute Gasteiger partial charge is 0.434 e. The molecule has 66 valence electrons. The first kappa shape index (κ1) is 10.7. The summed E-state index contributed by atoms with van der Waals surface area (Å²) in [5.74, 6) is 4.53. The minimum Gasteiger partial charge on any atom is -0.434 e. The van der Waals surface area contributed by atoms with Crippen molar-refractivity contribution in [2.75, 3.05) is 0 Å². The minimum atomic E-state index is -0.651. The molecule has 0 aliphatic carbocycles. The van der Waals surface area contributed by atoms with Crippen LogP contribution in [0.25, 0.3) is 0 Å². The molecule has 1 atom stereocenters. The Hall–Kier alpha value is -1.27. The van der Waals surface area contributed by atoms with Gasteiger partial charge in [0.2, 0.25) is 0 Å². The maximum absolute atomic E-state index is 10.6. The van der Waals surface area contributed by atoms with Gasteiger partial charge in [-0.3, -0.25) is 4.79 Å². The fraction of sp³-hybridized carbons (Fsp3) is 0.444. The van der Waals surface area contributed by atoms with Crippen molar-refractivity contribution in [3.8, 4) is 11.8 Å². The smallest absolute Gasteiger partial charge is 0.322 e. The van der Waals surface area contributed by atoms with E-state index in [2.05, 4.69) is 23.2 Å². The topological polar surface area (TPSA) is 46.5 Å². The molecule has 0 spiro atoms. The van der Waals surface area contributed by atoms with Gasteiger partial charge in [0, 0.05) is 0 Å². The number of hydrogen-bond acceptors (Lipinski definition) is 3. The van der Waals surface area contributed by atoms with Crippen LogP contribution in [0.4, 0.5) is 0 Å². The molecule has 0 saturated carbocycles. The van der Waals surface area contributed by atoms with Gasteiger partial charge in [-0.05, 0) is 6.42 Å². The van der Waals surface area contributed by atoms with E-state index in [0.29, 0.717) is 6.42 Å². The first-order valence-corrected chi connectivity index (χ1v) is 3.67. The number of ether oxygens (including phenoxy) is 1. The Bertz CT molecular complexity index is 210. The molecule has 0 aromatic heterocycles. The average Bonchev–Trinajstić information content (AvgIpc) is 2.04. The summed E-state index contributed by atoms with van der Waals surface area (Å²) in [6.07, 6.45) is 0.953. The first-order chi connectivity index (χ1) is 5.70. The van der Waals surface area contributed by atoms with E-state index in [1.54, 1.807) is 6.92 Å². The van der Waals surface area contributed by atoms with E-state index in [0.717, 1.165) is 6.26 Å². The molecule has 0 bridgehead atoms. The van der Waals surface area contributed by atoms with E-state index in [9.17, 15) is 4.79 Å². The van der Waals surface area contributed by atoms with Crippen LogP contribution in [0, 0.1) is 11.8 Å². The van der Waals surface area contributed by atoms with E-state index in [-0.39, 0.29) is 6.42 Å². The zero-order valence-corrected chi connectivity index (χ0v) is 7.04. The van der Waals surface area contributed by atoms with Gasteiger partial charge in [0.25, 0.3) is 0 Å². The maximum atomic E-state index is 10.6. The van der Waals surface area contributed by atoms with Gasteiger partial charge >= 0.3 is 5.97 Å². The average molecular weight is 168 g/mol. The molecule has 0 aromatic carbocycles. The third kappa shape index (κ3) is 5.51. The number of carbonyl (C=O) groups is 1. The summed E-state index contributed by atoms with van der Waals surface area (Å²) in [5.41, 5.74) is 0. The van der Waals surface area contributed by atoms with Gasteiger partial charge in [-0.1, -0.05) is 25.3 Å². The molecule has 12 heavy (non-hydrogen) atoms. The van der Waals surface area contributed by atoms with Crippen LogP contribution in [0.2, 0.25) is 0 Å². The van der Waals surface area contributed by atoms with E-state index in [1.165, 1.54) is 0 Å². The number of aliphatic hydroxyl groups is 1. The van der Waals surface area contributed by atoms with Crippen molar-refractivity contribution in [1.82, 2.24) is 0 Å². The molecule has 3 nitrogen and oxygen atoms in total. The molecular weight excluding hydrogens is 156 g/mol. The summed E-state index contributed by atoms with van der Waals surface area (Å²) in [5, 5.41) is 8.95. The lowest BCUT2D eigenvalue weighted by Crippen LogP contribution is -2.01. The third-order valence-electron chi connectivity index (χ3n) is 1.10. The molecular formula is C9H12O3. The maximum Gasteiger partial charge on any atom is 0.322 e. The molecule has 0 aliphatic rings. The second-order valence-electron chi connectivity index (χ2n) is 2.08. The summed E-state index contributed by atoms with van der Waals surface area (Å²) in [6, 6.07) is 0. The first-order valence-electron chi connectivity index (χ1n) is 3.67. The van der Waals surface area contributed by atoms with Crippen molar-refractivity contribution >= 4 is 5.97 Å². The summed E-state index contributed by atoms with van der Waals surface area (Å²) in [4.78, 5) is 10.6. The molecule has 1 N–H and O–H groups in total. The zero-order valence-electron chi connectivity index (χ0n) is 7.04. The van der Waals surface area contributed by atoms with Crippen LogP contribution in [-0.4, -0.2) is 17.2 Å². The highest BCUT2D eigenvalue weighted by atomic mass is 16.5. The summed E-state index contributed by atoms with van der Waals surface area (Å²) >= 11 is 0. The van der Waals surface area contributed by atoms with E-state index < -0.39 is 12.1 Å². The van der Waals surface area contributed by atoms with Crippen LogP contribution in [0.5, 0.6) is 0 Å². The third-order valence-corrected chi connectivity index (χ3v) is 1.10. The standard InChI is InChI=1S/C9H12O3/c1-3-8(10)6-5-7-9(11)12-4-2/h4,8,10H,2-3,7H2,1H3. The van der Waals surface area contributed by atoms with Crippen molar-refractivity contribution in [2.24, 2.45) is 0 Å². The molecule has 1 unspecified atom stereocenters. The van der Waals surface area contributed by atoms with Crippen molar-refractivity contribution < 1.29 is 14.6 Å². The van der Waals surface area contributed by atoms with E-state index >= 15 is 0 Å². The highest BCUT2D eigenvalue weighted by molar-refractivity contribution is 5.72. The van der Waals surface area contributed by atoms with Crippen molar-refractivity contribution in [2.45, 2.75) is 25.9 Å². The van der Waals surface area contributed by atoms with Gasteiger partial charge in [0.15, 0.2) is 0 Å². The predicted molar refractivity (Wildman–Crippen MR) is 45.0 cm³/mol. The number of aliphatic hydroxyl groups excluding tert-OH is 1. The van der Waals surface area contributed by atoms with Crippen LogP contribution < -0.4 is 0 Å². The Labute approximate surface area is 72.0 Å². The second-order valence-corrected chi connectivity index (χ2v) is 2.08. The SMILES string of the molecule is C=COC(=O)CC#CC(O)CC. The Morgan fingerprint density at radius 2 is 2.50 bits per heavy atom. The van der Waals surface area contributed by atoms with Gasteiger partial charge in [0.05, 0.1) is 6.26 Å². The molecule has 0 amide bonds. The highest BCUT2D eigenvalue weighted by Gasteiger charge is 1.96. The monoisotopic (exact) mass is 168 g/mol. The lowest BCUT2D eigenvalue weighted by Gasteiger charge is -1.94. The lowest BCUT2D eigenvalue weighted by molar-refractivity contribution is -0.136. The molecule has 0 aliphatic heterocycles. The quantitative estimate of drug-likeness (QED) is 0.386. The predicted octanol–water partition coefficient (Wildman–Crippen LogP) is 0.837. The van der Waals surface area contributed by atoms with E-state index in [4.69, 9.17) is 5.11 Å². The van der Waals surface area contributed by atoms with Crippen LogP contribution in [0.3, 0.4) is 0 Å². The van der Waals surface area contributed by atoms with Gasteiger partial charge in [0.1, 0.15) is 12.5 Å². The van der Waals surface area contributed by atoms with Crippen LogP contribution in [0.15, 0.2) is 12.8 Å². The highest BCUT2D eigenvalue weighted by Crippen LogP contribution is 1.88. The van der Waals surface area contributed by atoms with Gasteiger partial charge in [-0.2, -0.15) is 0 Å². The molecule has 3 heteroatoms. The van der Waals surface area contributed by atoms with Crippen LogP contribution in [0.1, 0.15) is 19.8 Å². The fourth-order valence-electron chi connectivity index (χ4n) is 0.478. The van der Waals surface area contributed by atoms with Gasteiger partial charge in [-0.25, -0.2) is 0 Å². The number of hydrogen-bond donors (Lipinski definition) is 1. The molecule has 0 aromatic rings. The minimum absolute atomic E-state index is 0.0108. The Kier molecular flexibility index (Phi) is 5.76. The van der Waals surface area contributed by atoms with Crippen molar-refractivity contribution in [3.05, 3.63) is 12.8 Å². The normalized spacial score (nSPS) is 10.8. The van der Waals surface area contributed by atoms with Gasteiger partial charge in [-0.15, -0.1) is 0 Å². The number of carbonyl (C=O) groups excluding carboxylic acids is 1. The fourth-order valence-corrected chi connectivity index (χ4v) is 0.478. The van der Waals surface area contributed by atoms with Crippen LogP contribution >= 0.6 is 0 Å². The number of rotatable bonds is 3. The summed E-state index contributed by atoms with van der Waals surface area (Å²) in [6.45, 7) is 5.03. The van der Waals surface area contributed by atoms with E-state index in [1.807, 2.05) is 0 Å². The summed E-state index contributed by atoms with van der Waals surface area (Å²) in [7, 11) is 0. The molecule has 0 saturated heterocycles. The number of esters is 1. The summed E-state index contributed by atoms with van der Waals surface area (Å²) < 4.78 is 4.40. The Morgan fingerprint density at radius 3 is 3.00 bits per heavy atom. The van der Waals surface area contributed by atoms with Crippen molar-refractivity contribution in [1.29, 1.82) is 0 Å².